The van der Waals surface area contributed by atoms with Gasteiger partial charge in [-0.1, -0.05) is 13.0 Å². The first-order chi connectivity index (χ1) is 13.5. The van der Waals surface area contributed by atoms with Gasteiger partial charge in [0.1, 0.15) is 0 Å². The second-order valence-corrected chi connectivity index (χ2v) is 9.21. The van der Waals surface area contributed by atoms with Gasteiger partial charge in [0.05, 0.1) is 4.90 Å². The van der Waals surface area contributed by atoms with E-state index in [0.29, 0.717) is 28.9 Å². The number of sulfonamides is 1. The molecule has 0 saturated heterocycles. The van der Waals surface area contributed by atoms with Crippen molar-refractivity contribution in [3.63, 3.8) is 0 Å². The van der Waals surface area contributed by atoms with E-state index in [4.69, 9.17) is 0 Å². The van der Waals surface area contributed by atoms with Crippen LogP contribution in [0.1, 0.15) is 40.4 Å². The first-order valence-electron chi connectivity index (χ1n) is 9.23. The summed E-state index contributed by atoms with van der Waals surface area (Å²) in [6.07, 6.45) is 0.349. The molecule has 7 nitrogen and oxygen atoms in total. The molecular weight excluding hydrogens is 390 g/mol. The van der Waals surface area contributed by atoms with Crippen molar-refractivity contribution in [3.8, 4) is 0 Å². The van der Waals surface area contributed by atoms with Crippen molar-refractivity contribution in [3.05, 3.63) is 52.6 Å². The number of rotatable bonds is 6. The maximum absolute atomic E-state index is 12.9. The summed E-state index contributed by atoms with van der Waals surface area (Å²) in [5, 5.41) is 5.57. The smallest absolute Gasteiger partial charge is 0.255 e. The molecule has 0 aromatic heterocycles. The van der Waals surface area contributed by atoms with Crippen LogP contribution in [-0.4, -0.2) is 38.6 Å². The summed E-state index contributed by atoms with van der Waals surface area (Å²) in [6, 6.07) is 8.29. The molecule has 2 N–H and O–H groups in total. The van der Waals surface area contributed by atoms with E-state index in [1.807, 2.05) is 6.92 Å². The van der Waals surface area contributed by atoms with Crippen LogP contribution in [0.3, 0.4) is 0 Å². The van der Waals surface area contributed by atoms with Gasteiger partial charge in [0.15, 0.2) is 0 Å². The Kier molecular flexibility index (Phi) is 6.81. The molecule has 2 aromatic carbocycles. The minimum Gasteiger partial charge on any atom is -0.326 e. The molecule has 0 aliphatic rings. The van der Waals surface area contributed by atoms with E-state index in [2.05, 4.69) is 10.6 Å². The van der Waals surface area contributed by atoms with E-state index in [9.17, 15) is 18.0 Å². The molecule has 0 heterocycles. The summed E-state index contributed by atoms with van der Waals surface area (Å²) in [4.78, 5) is 24.6. The number of nitrogens with one attached hydrogen (secondary N) is 2. The third kappa shape index (κ3) is 5.02. The number of nitrogens with zero attached hydrogens (tertiary/aromatic N) is 1. The zero-order valence-electron chi connectivity index (χ0n) is 17.6. The Morgan fingerprint density at radius 2 is 1.62 bits per heavy atom. The van der Waals surface area contributed by atoms with Gasteiger partial charge in [0.2, 0.25) is 15.9 Å². The number of benzene rings is 2. The number of hydrogen-bond acceptors (Lipinski definition) is 4. The van der Waals surface area contributed by atoms with Crippen molar-refractivity contribution < 1.29 is 18.0 Å². The molecule has 0 radical (unpaired) electrons. The Balaban J connectivity index is 2.41. The lowest BCUT2D eigenvalue weighted by Gasteiger charge is -2.17. The zero-order valence-corrected chi connectivity index (χ0v) is 18.4. The average Bonchev–Trinajstić information content (AvgIpc) is 2.65. The summed E-state index contributed by atoms with van der Waals surface area (Å²) >= 11 is 0. The molecule has 2 rings (SSSR count). The van der Waals surface area contributed by atoms with Crippen LogP contribution in [0.4, 0.5) is 11.4 Å². The maximum Gasteiger partial charge on any atom is 0.255 e. The zero-order chi connectivity index (χ0) is 21.9. The van der Waals surface area contributed by atoms with Crippen LogP contribution in [0, 0.1) is 20.8 Å². The lowest BCUT2D eigenvalue weighted by atomic mass is 10.1. The number of anilines is 2. The van der Waals surface area contributed by atoms with Crippen LogP contribution < -0.4 is 10.6 Å². The molecule has 156 valence electrons. The quantitative estimate of drug-likeness (QED) is 0.752. The van der Waals surface area contributed by atoms with E-state index in [1.54, 1.807) is 45.0 Å². The van der Waals surface area contributed by atoms with E-state index >= 15 is 0 Å². The Bertz CT molecular complexity index is 1060. The summed E-state index contributed by atoms with van der Waals surface area (Å²) in [5.74, 6) is -0.552. The molecule has 0 aliphatic carbocycles. The fourth-order valence-corrected chi connectivity index (χ4v) is 3.92. The van der Waals surface area contributed by atoms with Crippen molar-refractivity contribution in [2.75, 3.05) is 24.7 Å². The van der Waals surface area contributed by atoms with Crippen LogP contribution in [0.2, 0.25) is 0 Å². The summed E-state index contributed by atoms with van der Waals surface area (Å²) in [6.45, 7) is 7.08. The molecule has 0 unspecified atom stereocenters. The molecule has 0 bridgehead atoms. The molecular formula is C21H27N3O4S. The third-order valence-corrected chi connectivity index (χ3v) is 6.67. The van der Waals surface area contributed by atoms with Crippen molar-refractivity contribution in [2.24, 2.45) is 0 Å². The highest BCUT2D eigenvalue weighted by Crippen LogP contribution is 2.25. The average molecular weight is 418 g/mol. The van der Waals surface area contributed by atoms with Gasteiger partial charge in [-0.15, -0.1) is 0 Å². The lowest BCUT2D eigenvalue weighted by Crippen LogP contribution is -2.24. The maximum atomic E-state index is 12.9. The number of carbonyl (C=O) groups is 2. The van der Waals surface area contributed by atoms with Gasteiger partial charge in [-0.05, 0) is 61.7 Å². The van der Waals surface area contributed by atoms with E-state index < -0.39 is 15.9 Å². The van der Waals surface area contributed by atoms with Crippen LogP contribution in [0.5, 0.6) is 0 Å². The number of amides is 2. The Hall–Kier alpha value is -2.71. The Morgan fingerprint density at radius 3 is 2.21 bits per heavy atom. The normalized spacial score (nSPS) is 11.4. The highest BCUT2D eigenvalue weighted by Gasteiger charge is 2.23. The SMILES string of the molecule is CCC(=O)Nc1ccc(C)c(NC(=O)c2cc(C)c(C)c(S(=O)(=O)N(C)C)c2)c1. The Morgan fingerprint density at radius 1 is 0.966 bits per heavy atom. The number of aryl methyl sites for hydroxylation is 2. The van der Waals surface area contributed by atoms with Gasteiger partial charge in [0.25, 0.3) is 5.91 Å². The fourth-order valence-electron chi connectivity index (χ4n) is 2.70. The molecule has 0 aliphatic heterocycles. The lowest BCUT2D eigenvalue weighted by molar-refractivity contribution is -0.115. The van der Waals surface area contributed by atoms with Gasteiger partial charge in [-0.3, -0.25) is 9.59 Å². The second-order valence-electron chi connectivity index (χ2n) is 7.09. The van der Waals surface area contributed by atoms with Gasteiger partial charge in [-0.2, -0.15) is 0 Å². The molecule has 2 amide bonds. The van der Waals surface area contributed by atoms with Gasteiger partial charge >= 0.3 is 0 Å². The van der Waals surface area contributed by atoms with Crippen molar-refractivity contribution in [1.29, 1.82) is 0 Å². The molecule has 0 fully saturated rings. The topological polar surface area (TPSA) is 95.6 Å². The van der Waals surface area contributed by atoms with Crippen molar-refractivity contribution in [1.82, 2.24) is 4.31 Å². The Labute approximate surface area is 172 Å². The van der Waals surface area contributed by atoms with Crippen molar-refractivity contribution >= 4 is 33.2 Å². The monoisotopic (exact) mass is 417 g/mol. The molecule has 0 spiro atoms. The van der Waals surface area contributed by atoms with Gasteiger partial charge in [0, 0.05) is 37.5 Å². The van der Waals surface area contributed by atoms with E-state index in [1.165, 1.54) is 20.2 Å². The van der Waals surface area contributed by atoms with Gasteiger partial charge in [-0.25, -0.2) is 12.7 Å². The van der Waals surface area contributed by atoms with Crippen LogP contribution in [0.25, 0.3) is 0 Å². The largest absolute Gasteiger partial charge is 0.326 e. The van der Waals surface area contributed by atoms with Crippen LogP contribution in [0.15, 0.2) is 35.2 Å². The minimum absolute atomic E-state index is 0.105. The molecule has 0 atom stereocenters. The fraction of sp³-hybridized carbons (Fsp3) is 0.333. The molecule has 0 saturated carbocycles. The summed E-state index contributed by atoms with van der Waals surface area (Å²) in [5.41, 5.74) is 3.50. The van der Waals surface area contributed by atoms with Crippen molar-refractivity contribution in [2.45, 2.75) is 39.0 Å². The number of hydrogen-bond donors (Lipinski definition) is 2. The van der Waals surface area contributed by atoms with E-state index in [0.717, 1.165) is 9.87 Å². The van der Waals surface area contributed by atoms with Crippen LogP contribution in [-0.2, 0) is 14.8 Å². The highest BCUT2D eigenvalue weighted by molar-refractivity contribution is 7.89. The minimum atomic E-state index is -3.68. The van der Waals surface area contributed by atoms with E-state index in [-0.39, 0.29) is 16.4 Å². The summed E-state index contributed by atoms with van der Waals surface area (Å²) < 4.78 is 26.4. The molecule has 2 aromatic rings. The van der Waals surface area contributed by atoms with Crippen LogP contribution >= 0.6 is 0 Å². The summed E-state index contributed by atoms with van der Waals surface area (Å²) in [7, 11) is -0.775. The first-order valence-corrected chi connectivity index (χ1v) is 10.7. The second kappa shape index (κ2) is 8.75. The molecule has 8 heteroatoms. The third-order valence-electron chi connectivity index (χ3n) is 4.73. The number of carbonyl (C=O) groups excluding carboxylic acids is 2. The van der Waals surface area contributed by atoms with Gasteiger partial charge < -0.3 is 10.6 Å². The predicted octanol–water partition coefficient (Wildman–Crippen LogP) is 3.46. The first kappa shape index (κ1) is 22.6. The predicted molar refractivity (Wildman–Crippen MR) is 115 cm³/mol. The highest BCUT2D eigenvalue weighted by atomic mass is 32.2. The molecule has 29 heavy (non-hydrogen) atoms. The standard InChI is InChI=1S/C21H27N3O4S/c1-7-20(25)22-17-9-8-13(2)18(12-17)23-21(26)16-10-14(3)15(4)19(11-16)29(27,28)24(5)6/h8-12H,7H2,1-6H3,(H,22,25)(H,23,26).